The van der Waals surface area contributed by atoms with Crippen molar-refractivity contribution in [1.29, 1.82) is 0 Å². The lowest BCUT2D eigenvalue weighted by Crippen LogP contribution is -2.22. The summed E-state index contributed by atoms with van der Waals surface area (Å²) >= 11 is 0. The number of rotatable bonds is 5. The molecule has 0 aliphatic carbocycles. The molecule has 0 aromatic heterocycles. The first kappa shape index (κ1) is 15.3. The molecule has 1 rings (SSSR count). The maximum Gasteiger partial charge on any atom is 0.454 e. The minimum Gasteiger partial charge on any atom is -0.493 e. The molecule has 0 spiro atoms. The number of benzene rings is 1. The summed E-state index contributed by atoms with van der Waals surface area (Å²) in [5, 5.41) is 0. The predicted molar refractivity (Wildman–Crippen MR) is 63.7 cm³/mol. The van der Waals surface area contributed by atoms with E-state index in [4.69, 9.17) is 9.47 Å². The quantitative estimate of drug-likeness (QED) is 0.772. The average Bonchev–Trinajstić information content (AvgIpc) is 2.34. The highest BCUT2D eigenvalue weighted by atomic mass is 19.4. The Labute approximate surface area is 109 Å². The van der Waals surface area contributed by atoms with Gasteiger partial charge in [-0.05, 0) is 24.1 Å². The van der Waals surface area contributed by atoms with Crippen LogP contribution in [0.1, 0.15) is 24.2 Å². The minimum atomic E-state index is -4.90. The monoisotopic (exact) mass is 276 g/mol. The van der Waals surface area contributed by atoms with Crippen LogP contribution in [-0.2, 0) is 0 Å². The molecule has 0 N–H and O–H groups in total. The van der Waals surface area contributed by atoms with Gasteiger partial charge in [0.25, 0.3) is 5.78 Å². The molecule has 19 heavy (non-hydrogen) atoms. The molecule has 1 aromatic rings. The second kappa shape index (κ2) is 5.95. The van der Waals surface area contributed by atoms with Crippen LogP contribution in [0, 0.1) is 5.92 Å². The number of Topliss-reactive ketones (excluding diaryl/α,β-unsaturated/α-hetero) is 1. The van der Waals surface area contributed by atoms with E-state index in [0.29, 0.717) is 12.4 Å². The van der Waals surface area contributed by atoms with Crippen molar-refractivity contribution in [3.8, 4) is 11.5 Å². The van der Waals surface area contributed by atoms with Gasteiger partial charge in [0, 0.05) is 5.56 Å². The zero-order valence-electron chi connectivity index (χ0n) is 10.9. The summed E-state index contributed by atoms with van der Waals surface area (Å²) in [6.07, 6.45) is -4.90. The van der Waals surface area contributed by atoms with Crippen LogP contribution in [0.15, 0.2) is 18.2 Å². The van der Waals surface area contributed by atoms with E-state index in [9.17, 15) is 18.0 Å². The van der Waals surface area contributed by atoms with Crippen LogP contribution >= 0.6 is 0 Å². The standard InChI is InChI=1S/C13H15F3O3/c1-8(2)7-19-10-5-4-9(6-11(10)18-3)12(17)13(14,15)16/h4-6,8H,7H2,1-3H3. The Kier molecular flexibility index (Phi) is 4.80. The molecule has 1 aromatic carbocycles. The van der Waals surface area contributed by atoms with E-state index >= 15 is 0 Å². The van der Waals surface area contributed by atoms with Crippen molar-refractivity contribution in [2.75, 3.05) is 13.7 Å². The number of ether oxygens (including phenoxy) is 2. The molecule has 0 fully saturated rings. The minimum absolute atomic E-state index is 0.107. The van der Waals surface area contributed by atoms with Crippen LogP contribution in [0.3, 0.4) is 0 Å². The van der Waals surface area contributed by atoms with Crippen LogP contribution in [0.4, 0.5) is 13.2 Å². The molecule has 0 amide bonds. The van der Waals surface area contributed by atoms with Crippen LogP contribution in [0.2, 0.25) is 0 Å². The van der Waals surface area contributed by atoms with Gasteiger partial charge >= 0.3 is 6.18 Å². The van der Waals surface area contributed by atoms with Crippen molar-refractivity contribution in [3.05, 3.63) is 23.8 Å². The van der Waals surface area contributed by atoms with Gasteiger partial charge in [-0.3, -0.25) is 4.79 Å². The smallest absolute Gasteiger partial charge is 0.454 e. The average molecular weight is 276 g/mol. The van der Waals surface area contributed by atoms with Crippen molar-refractivity contribution in [2.24, 2.45) is 5.92 Å². The Morgan fingerprint density at radius 1 is 1.26 bits per heavy atom. The van der Waals surface area contributed by atoms with Gasteiger partial charge < -0.3 is 9.47 Å². The van der Waals surface area contributed by atoms with Crippen LogP contribution in [0.5, 0.6) is 11.5 Å². The molecule has 0 bridgehead atoms. The summed E-state index contributed by atoms with van der Waals surface area (Å²) in [7, 11) is 1.30. The summed E-state index contributed by atoms with van der Waals surface area (Å²) in [6, 6.07) is 3.42. The highest BCUT2D eigenvalue weighted by molar-refractivity contribution is 6.00. The summed E-state index contributed by atoms with van der Waals surface area (Å²) < 4.78 is 47.2. The van der Waals surface area contributed by atoms with Gasteiger partial charge in [0.1, 0.15) is 0 Å². The lowest BCUT2D eigenvalue weighted by atomic mass is 10.1. The van der Waals surface area contributed by atoms with E-state index in [1.54, 1.807) is 0 Å². The molecule has 0 aliphatic rings. The highest BCUT2D eigenvalue weighted by Gasteiger charge is 2.39. The largest absolute Gasteiger partial charge is 0.493 e. The predicted octanol–water partition coefficient (Wildman–Crippen LogP) is 3.48. The van der Waals surface area contributed by atoms with E-state index in [1.165, 1.54) is 13.2 Å². The van der Waals surface area contributed by atoms with Gasteiger partial charge in [0.15, 0.2) is 11.5 Å². The van der Waals surface area contributed by atoms with E-state index in [-0.39, 0.29) is 11.7 Å². The fraction of sp³-hybridized carbons (Fsp3) is 0.462. The second-order valence-corrected chi connectivity index (χ2v) is 4.40. The zero-order valence-corrected chi connectivity index (χ0v) is 10.9. The number of halogens is 3. The summed E-state index contributed by atoms with van der Waals surface area (Å²) in [6.45, 7) is 4.28. The SMILES string of the molecule is COc1cc(C(=O)C(F)(F)F)ccc1OCC(C)C. The van der Waals surface area contributed by atoms with Gasteiger partial charge in [-0.2, -0.15) is 13.2 Å². The summed E-state index contributed by atoms with van der Waals surface area (Å²) in [4.78, 5) is 11.1. The van der Waals surface area contributed by atoms with Gasteiger partial charge in [0.05, 0.1) is 13.7 Å². The van der Waals surface area contributed by atoms with E-state index in [0.717, 1.165) is 12.1 Å². The second-order valence-electron chi connectivity index (χ2n) is 4.40. The van der Waals surface area contributed by atoms with Gasteiger partial charge in [-0.25, -0.2) is 0 Å². The number of carbonyl (C=O) groups is 1. The van der Waals surface area contributed by atoms with Crippen LogP contribution < -0.4 is 9.47 Å². The van der Waals surface area contributed by atoms with Gasteiger partial charge in [-0.15, -0.1) is 0 Å². The third-order valence-corrected chi connectivity index (χ3v) is 2.26. The molecule has 3 nitrogen and oxygen atoms in total. The lowest BCUT2D eigenvalue weighted by molar-refractivity contribution is -0.0885. The molecule has 0 unspecified atom stereocenters. The first-order chi connectivity index (χ1) is 8.75. The molecular weight excluding hydrogens is 261 g/mol. The molecule has 0 aliphatic heterocycles. The molecule has 6 heteroatoms. The fourth-order valence-corrected chi connectivity index (χ4v) is 1.35. The molecule has 0 saturated heterocycles. The number of alkyl halides is 3. The Bertz CT molecular complexity index is 453. The number of carbonyl (C=O) groups excluding carboxylic acids is 1. The van der Waals surface area contributed by atoms with Crippen LogP contribution in [0.25, 0.3) is 0 Å². The van der Waals surface area contributed by atoms with Crippen molar-refractivity contribution >= 4 is 5.78 Å². The first-order valence-corrected chi connectivity index (χ1v) is 5.68. The molecule has 106 valence electrons. The van der Waals surface area contributed by atoms with E-state index in [1.807, 2.05) is 13.8 Å². The van der Waals surface area contributed by atoms with Gasteiger partial charge in [-0.1, -0.05) is 13.8 Å². The Hall–Kier alpha value is -1.72. The summed E-state index contributed by atoms with van der Waals surface area (Å²) in [5.41, 5.74) is -0.471. The molecule has 0 saturated carbocycles. The summed E-state index contributed by atoms with van der Waals surface area (Å²) in [5.74, 6) is -1.21. The van der Waals surface area contributed by atoms with E-state index in [2.05, 4.69) is 0 Å². The highest BCUT2D eigenvalue weighted by Crippen LogP contribution is 2.31. The van der Waals surface area contributed by atoms with Crippen molar-refractivity contribution in [2.45, 2.75) is 20.0 Å². The first-order valence-electron chi connectivity index (χ1n) is 5.68. The molecule has 0 radical (unpaired) electrons. The number of hydrogen-bond donors (Lipinski definition) is 0. The van der Waals surface area contributed by atoms with Gasteiger partial charge in [0.2, 0.25) is 0 Å². The molecular formula is C13H15F3O3. The fourth-order valence-electron chi connectivity index (χ4n) is 1.35. The Balaban J connectivity index is 2.99. The maximum absolute atomic E-state index is 12.3. The maximum atomic E-state index is 12.3. The Morgan fingerprint density at radius 3 is 2.37 bits per heavy atom. The number of methoxy groups -OCH3 is 1. The third kappa shape index (κ3) is 4.15. The number of ketones is 1. The Morgan fingerprint density at radius 2 is 1.89 bits per heavy atom. The van der Waals surface area contributed by atoms with Crippen LogP contribution in [-0.4, -0.2) is 25.7 Å². The van der Waals surface area contributed by atoms with Crippen molar-refractivity contribution < 1.29 is 27.4 Å². The van der Waals surface area contributed by atoms with Crippen molar-refractivity contribution in [1.82, 2.24) is 0 Å². The molecule has 0 atom stereocenters. The zero-order chi connectivity index (χ0) is 14.6. The molecule has 0 heterocycles. The number of hydrogen-bond acceptors (Lipinski definition) is 3. The normalized spacial score (nSPS) is 11.5. The van der Waals surface area contributed by atoms with E-state index < -0.39 is 17.5 Å². The third-order valence-electron chi connectivity index (χ3n) is 2.26. The topological polar surface area (TPSA) is 35.5 Å². The lowest BCUT2D eigenvalue weighted by Gasteiger charge is -2.13. The van der Waals surface area contributed by atoms with Crippen molar-refractivity contribution in [3.63, 3.8) is 0 Å².